The van der Waals surface area contributed by atoms with Crippen LogP contribution in [0.3, 0.4) is 0 Å². The third-order valence-electron chi connectivity index (χ3n) is 2.04. The smallest absolute Gasteiger partial charge is 0.257 e. The van der Waals surface area contributed by atoms with Crippen LogP contribution in [0, 0.1) is 0 Å². The molecule has 3 N–H and O–H groups in total. The van der Waals surface area contributed by atoms with Gasteiger partial charge in [0.1, 0.15) is 0 Å². The maximum atomic E-state index is 11.8. The zero-order valence-corrected chi connectivity index (χ0v) is 9.16. The molecular weight excluding hydrogens is 216 g/mol. The number of nitrogens with zero attached hydrogens (tertiary/aromatic N) is 1. The van der Waals surface area contributed by atoms with Gasteiger partial charge in [0.25, 0.3) is 5.91 Å². The van der Waals surface area contributed by atoms with E-state index >= 15 is 0 Å². The van der Waals surface area contributed by atoms with Crippen molar-refractivity contribution >= 4 is 23.2 Å². The molecule has 0 bridgehead atoms. The van der Waals surface area contributed by atoms with E-state index in [0.717, 1.165) is 0 Å². The van der Waals surface area contributed by atoms with E-state index in [1.807, 2.05) is 0 Å². The largest absolute Gasteiger partial charge is 0.398 e. The van der Waals surface area contributed by atoms with Crippen molar-refractivity contribution in [1.82, 2.24) is 4.90 Å². The summed E-state index contributed by atoms with van der Waals surface area (Å²) in [4.78, 5) is 13.2. The summed E-state index contributed by atoms with van der Waals surface area (Å²) in [5, 5.41) is 9.04. The number of nitrogens with two attached hydrogens (primary N) is 1. The van der Waals surface area contributed by atoms with Gasteiger partial charge in [0, 0.05) is 19.3 Å². The van der Waals surface area contributed by atoms with Crippen LogP contribution >= 0.6 is 11.6 Å². The van der Waals surface area contributed by atoms with E-state index in [-0.39, 0.29) is 24.6 Å². The van der Waals surface area contributed by atoms with Crippen molar-refractivity contribution in [3.8, 4) is 0 Å². The number of carbonyl (C=O) groups is 1. The van der Waals surface area contributed by atoms with Crippen molar-refractivity contribution in [2.24, 2.45) is 0 Å². The predicted molar refractivity (Wildman–Crippen MR) is 59.9 cm³/mol. The van der Waals surface area contributed by atoms with Crippen molar-refractivity contribution in [3.63, 3.8) is 0 Å². The molecule has 0 spiro atoms. The first-order valence-electron chi connectivity index (χ1n) is 4.48. The molecular formula is C10H13ClN2O2. The van der Waals surface area contributed by atoms with Gasteiger partial charge in [-0.1, -0.05) is 17.7 Å². The van der Waals surface area contributed by atoms with Crippen molar-refractivity contribution in [2.75, 3.05) is 25.9 Å². The maximum Gasteiger partial charge on any atom is 0.257 e. The summed E-state index contributed by atoms with van der Waals surface area (Å²) >= 11 is 5.88. The summed E-state index contributed by atoms with van der Waals surface area (Å²) in [6.07, 6.45) is 0. The van der Waals surface area contributed by atoms with Crippen LogP contribution in [0.4, 0.5) is 5.69 Å². The fraction of sp³-hybridized carbons (Fsp3) is 0.300. The van der Waals surface area contributed by atoms with E-state index < -0.39 is 0 Å². The standard InChI is InChI=1S/C10H13ClN2O2/c1-13(5-6-14)10(15)9-7(11)3-2-4-8(9)12/h2-4,14H,5-6,12H2,1H3. The molecule has 4 nitrogen and oxygen atoms in total. The predicted octanol–water partition coefficient (Wildman–Crippen LogP) is 0.986. The molecule has 0 unspecified atom stereocenters. The number of carbonyl (C=O) groups excluding carboxylic acids is 1. The number of likely N-dealkylation sites (N-methyl/N-ethyl adjacent to an activating group) is 1. The number of benzene rings is 1. The number of aliphatic hydroxyl groups is 1. The van der Waals surface area contributed by atoms with Gasteiger partial charge in [-0.15, -0.1) is 0 Å². The van der Waals surface area contributed by atoms with E-state index in [1.165, 1.54) is 4.90 Å². The first-order chi connectivity index (χ1) is 7.07. The minimum Gasteiger partial charge on any atom is -0.398 e. The second kappa shape index (κ2) is 5.00. The van der Waals surface area contributed by atoms with E-state index in [4.69, 9.17) is 22.4 Å². The van der Waals surface area contributed by atoms with Gasteiger partial charge < -0.3 is 15.7 Å². The molecule has 5 heteroatoms. The number of nitrogen functional groups attached to an aromatic ring is 1. The van der Waals surface area contributed by atoms with Crippen LogP contribution in [-0.4, -0.2) is 36.1 Å². The van der Waals surface area contributed by atoms with Gasteiger partial charge >= 0.3 is 0 Å². The Bertz CT molecular complexity index is 348. The molecule has 1 aromatic rings. The molecule has 0 fully saturated rings. The number of aliphatic hydroxyl groups excluding tert-OH is 1. The van der Waals surface area contributed by atoms with E-state index in [0.29, 0.717) is 10.7 Å². The van der Waals surface area contributed by atoms with Crippen LogP contribution in [0.15, 0.2) is 18.2 Å². The Kier molecular flexibility index (Phi) is 3.94. The third-order valence-corrected chi connectivity index (χ3v) is 2.36. The van der Waals surface area contributed by atoms with E-state index in [2.05, 4.69) is 0 Å². The molecule has 15 heavy (non-hydrogen) atoms. The molecule has 0 aliphatic carbocycles. The number of hydrogen-bond acceptors (Lipinski definition) is 3. The highest BCUT2D eigenvalue weighted by atomic mass is 35.5. The Morgan fingerprint density at radius 2 is 2.27 bits per heavy atom. The molecule has 0 aliphatic heterocycles. The second-order valence-electron chi connectivity index (χ2n) is 3.15. The normalized spacial score (nSPS) is 10.1. The summed E-state index contributed by atoms with van der Waals surface area (Å²) in [5.74, 6) is -0.285. The first-order valence-corrected chi connectivity index (χ1v) is 4.86. The minimum absolute atomic E-state index is 0.0907. The van der Waals surface area contributed by atoms with Crippen molar-refractivity contribution in [1.29, 1.82) is 0 Å². The molecule has 0 atom stereocenters. The van der Waals surface area contributed by atoms with Gasteiger partial charge in [-0.3, -0.25) is 4.79 Å². The van der Waals surface area contributed by atoms with Crippen LogP contribution in [0.5, 0.6) is 0 Å². The fourth-order valence-corrected chi connectivity index (χ4v) is 1.47. The second-order valence-corrected chi connectivity index (χ2v) is 3.56. The number of amides is 1. The molecule has 0 saturated carbocycles. The van der Waals surface area contributed by atoms with Crippen molar-refractivity contribution < 1.29 is 9.90 Å². The van der Waals surface area contributed by atoms with Gasteiger partial charge in [-0.25, -0.2) is 0 Å². The average molecular weight is 229 g/mol. The maximum absolute atomic E-state index is 11.8. The third kappa shape index (κ3) is 2.61. The Labute approximate surface area is 93.2 Å². The summed E-state index contributed by atoms with van der Waals surface area (Å²) in [7, 11) is 1.58. The molecule has 0 saturated heterocycles. The lowest BCUT2D eigenvalue weighted by molar-refractivity contribution is 0.0768. The van der Waals surface area contributed by atoms with E-state index in [9.17, 15) is 4.79 Å². The Morgan fingerprint density at radius 1 is 1.60 bits per heavy atom. The molecule has 1 amide bonds. The van der Waals surface area contributed by atoms with Crippen LogP contribution < -0.4 is 5.73 Å². The zero-order valence-electron chi connectivity index (χ0n) is 8.40. The van der Waals surface area contributed by atoms with Gasteiger partial charge in [0.2, 0.25) is 0 Å². The number of halogens is 1. The summed E-state index contributed by atoms with van der Waals surface area (Å²) in [5.41, 5.74) is 6.29. The fourth-order valence-electron chi connectivity index (χ4n) is 1.21. The highest BCUT2D eigenvalue weighted by Crippen LogP contribution is 2.22. The Hall–Kier alpha value is -1.26. The minimum atomic E-state index is -0.285. The quantitative estimate of drug-likeness (QED) is 0.759. The molecule has 1 aromatic carbocycles. The van der Waals surface area contributed by atoms with Gasteiger partial charge in [-0.2, -0.15) is 0 Å². The zero-order chi connectivity index (χ0) is 11.4. The monoisotopic (exact) mass is 228 g/mol. The Morgan fingerprint density at radius 3 is 2.80 bits per heavy atom. The Balaban J connectivity index is 3.00. The van der Waals surface area contributed by atoms with Crippen LogP contribution in [0.25, 0.3) is 0 Å². The summed E-state index contributed by atoms with van der Waals surface area (Å²) < 4.78 is 0. The SMILES string of the molecule is CN(CCO)C(=O)c1c(N)cccc1Cl. The van der Waals surface area contributed by atoms with Gasteiger partial charge in [0.05, 0.1) is 17.2 Å². The summed E-state index contributed by atoms with van der Waals surface area (Å²) in [6, 6.07) is 4.91. The van der Waals surface area contributed by atoms with Crippen LogP contribution in [-0.2, 0) is 0 Å². The van der Waals surface area contributed by atoms with E-state index in [1.54, 1.807) is 25.2 Å². The number of rotatable bonds is 3. The topological polar surface area (TPSA) is 66.6 Å². The summed E-state index contributed by atoms with van der Waals surface area (Å²) in [6.45, 7) is 0.163. The number of anilines is 1. The lowest BCUT2D eigenvalue weighted by atomic mass is 10.1. The lowest BCUT2D eigenvalue weighted by Gasteiger charge is -2.17. The highest BCUT2D eigenvalue weighted by molar-refractivity contribution is 6.34. The molecule has 0 aromatic heterocycles. The lowest BCUT2D eigenvalue weighted by Crippen LogP contribution is -2.30. The van der Waals surface area contributed by atoms with Crippen LogP contribution in [0.2, 0.25) is 5.02 Å². The molecule has 82 valence electrons. The molecule has 0 radical (unpaired) electrons. The van der Waals surface area contributed by atoms with Crippen molar-refractivity contribution in [2.45, 2.75) is 0 Å². The van der Waals surface area contributed by atoms with Gasteiger partial charge in [-0.05, 0) is 12.1 Å². The number of hydrogen-bond donors (Lipinski definition) is 2. The van der Waals surface area contributed by atoms with Crippen LogP contribution in [0.1, 0.15) is 10.4 Å². The molecule has 1 rings (SSSR count). The first kappa shape index (κ1) is 11.8. The van der Waals surface area contributed by atoms with Crippen molar-refractivity contribution in [3.05, 3.63) is 28.8 Å². The van der Waals surface area contributed by atoms with Gasteiger partial charge in [0.15, 0.2) is 0 Å². The molecule has 0 aliphatic rings. The average Bonchev–Trinajstić information content (AvgIpc) is 2.17. The molecule has 0 heterocycles. The highest BCUT2D eigenvalue weighted by Gasteiger charge is 2.17.